The molecular formula is C9H18N2. The lowest BCUT2D eigenvalue weighted by molar-refractivity contribution is 0.421. The molecule has 0 aromatic carbocycles. The first kappa shape index (κ1) is 8.75. The molecule has 0 radical (unpaired) electrons. The van der Waals surface area contributed by atoms with Gasteiger partial charge in [0.1, 0.15) is 0 Å². The fraction of sp³-hybridized carbons (Fsp3) is 0.778. The van der Waals surface area contributed by atoms with Crippen LogP contribution in [0, 0.1) is 0 Å². The summed E-state index contributed by atoms with van der Waals surface area (Å²) in [6.07, 6.45) is 6.82. The Kier molecular flexibility index (Phi) is 4.24. The van der Waals surface area contributed by atoms with Crippen molar-refractivity contribution in [1.29, 1.82) is 0 Å². The van der Waals surface area contributed by atoms with Gasteiger partial charge in [-0.25, -0.2) is 0 Å². The largest absolute Gasteiger partial charge is 0.314 e. The van der Waals surface area contributed by atoms with E-state index < -0.39 is 0 Å². The van der Waals surface area contributed by atoms with E-state index in [-0.39, 0.29) is 0 Å². The molecule has 0 amide bonds. The Bertz CT molecular complexity index is 115. The SMILES string of the molecule is CC/C=C/CC1CNCCN1. The van der Waals surface area contributed by atoms with Crippen LogP contribution in [0.1, 0.15) is 19.8 Å². The average molecular weight is 154 g/mol. The number of piperazine rings is 1. The second kappa shape index (κ2) is 5.33. The van der Waals surface area contributed by atoms with Crippen LogP contribution in [0.4, 0.5) is 0 Å². The van der Waals surface area contributed by atoms with E-state index in [1.807, 2.05) is 0 Å². The second-order valence-corrected chi connectivity index (χ2v) is 2.97. The fourth-order valence-electron chi connectivity index (χ4n) is 1.31. The molecule has 0 aromatic heterocycles. The van der Waals surface area contributed by atoms with Gasteiger partial charge >= 0.3 is 0 Å². The standard InChI is InChI=1S/C9H18N2/c1-2-3-4-5-9-8-10-6-7-11-9/h3-4,9-11H,2,5-8H2,1H3/b4-3+. The van der Waals surface area contributed by atoms with Gasteiger partial charge in [0, 0.05) is 25.7 Å². The molecular weight excluding hydrogens is 136 g/mol. The molecule has 1 aliphatic rings. The van der Waals surface area contributed by atoms with E-state index in [0.29, 0.717) is 6.04 Å². The zero-order chi connectivity index (χ0) is 7.94. The Morgan fingerprint density at radius 2 is 2.27 bits per heavy atom. The quantitative estimate of drug-likeness (QED) is 0.590. The maximum absolute atomic E-state index is 3.46. The van der Waals surface area contributed by atoms with Crippen molar-refractivity contribution in [3.8, 4) is 0 Å². The summed E-state index contributed by atoms with van der Waals surface area (Å²) in [7, 11) is 0. The minimum atomic E-state index is 0.659. The molecule has 64 valence electrons. The molecule has 1 rings (SSSR count). The minimum Gasteiger partial charge on any atom is -0.314 e. The number of rotatable bonds is 3. The van der Waals surface area contributed by atoms with Gasteiger partial charge in [-0.15, -0.1) is 0 Å². The van der Waals surface area contributed by atoms with Crippen molar-refractivity contribution in [2.24, 2.45) is 0 Å². The van der Waals surface area contributed by atoms with Crippen molar-refractivity contribution in [3.05, 3.63) is 12.2 Å². The van der Waals surface area contributed by atoms with Gasteiger partial charge in [0.2, 0.25) is 0 Å². The summed E-state index contributed by atoms with van der Waals surface area (Å²) in [6.45, 7) is 5.52. The van der Waals surface area contributed by atoms with Gasteiger partial charge in [-0.1, -0.05) is 19.1 Å². The number of nitrogens with one attached hydrogen (secondary N) is 2. The van der Waals surface area contributed by atoms with Crippen molar-refractivity contribution in [1.82, 2.24) is 10.6 Å². The van der Waals surface area contributed by atoms with Crippen molar-refractivity contribution in [2.75, 3.05) is 19.6 Å². The summed E-state index contributed by atoms with van der Waals surface area (Å²) in [4.78, 5) is 0. The molecule has 1 atom stereocenters. The molecule has 2 heteroatoms. The van der Waals surface area contributed by atoms with E-state index in [1.165, 1.54) is 6.42 Å². The third kappa shape index (κ3) is 3.54. The highest BCUT2D eigenvalue weighted by Gasteiger charge is 2.08. The number of hydrogen-bond acceptors (Lipinski definition) is 2. The third-order valence-electron chi connectivity index (χ3n) is 1.95. The molecule has 1 aliphatic heterocycles. The van der Waals surface area contributed by atoms with E-state index in [1.54, 1.807) is 0 Å². The molecule has 1 saturated heterocycles. The molecule has 11 heavy (non-hydrogen) atoms. The normalized spacial score (nSPS) is 26.1. The highest BCUT2D eigenvalue weighted by atomic mass is 15.0. The Morgan fingerprint density at radius 3 is 2.91 bits per heavy atom. The van der Waals surface area contributed by atoms with Crippen molar-refractivity contribution < 1.29 is 0 Å². The summed E-state index contributed by atoms with van der Waals surface area (Å²) >= 11 is 0. The minimum absolute atomic E-state index is 0.659. The van der Waals surface area contributed by atoms with Crippen LogP contribution in [0.3, 0.4) is 0 Å². The van der Waals surface area contributed by atoms with E-state index >= 15 is 0 Å². The summed E-state index contributed by atoms with van der Waals surface area (Å²) in [5.74, 6) is 0. The zero-order valence-corrected chi connectivity index (χ0v) is 7.27. The molecule has 2 N–H and O–H groups in total. The smallest absolute Gasteiger partial charge is 0.0227 e. The van der Waals surface area contributed by atoms with Crippen LogP contribution in [-0.2, 0) is 0 Å². The predicted molar refractivity (Wildman–Crippen MR) is 48.7 cm³/mol. The lowest BCUT2D eigenvalue weighted by Gasteiger charge is -2.23. The van der Waals surface area contributed by atoms with Crippen LogP contribution in [0.15, 0.2) is 12.2 Å². The Balaban J connectivity index is 2.09. The topological polar surface area (TPSA) is 24.1 Å². The molecule has 0 bridgehead atoms. The van der Waals surface area contributed by atoms with Gasteiger partial charge in [0.05, 0.1) is 0 Å². The highest BCUT2D eigenvalue weighted by molar-refractivity contribution is 4.87. The van der Waals surface area contributed by atoms with Crippen LogP contribution >= 0.6 is 0 Å². The predicted octanol–water partition coefficient (Wildman–Crippen LogP) is 0.904. The molecule has 1 heterocycles. The van der Waals surface area contributed by atoms with Gasteiger partial charge in [0.15, 0.2) is 0 Å². The van der Waals surface area contributed by atoms with Gasteiger partial charge in [-0.05, 0) is 12.8 Å². The first-order valence-electron chi connectivity index (χ1n) is 4.52. The van der Waals surface area contributed by atoms with E-state index in [0.717, 1.165) is 26.1 Å². The highest BCUT2D eigenvalue weighted by Crippen LogP contribution is 1.95. The molecule has 0 aliphatic carbocycles. The molecule has 1 unspecified atom stereocenters. The van der Waals surface area contributed by atoms with Crippen molar-refractivity contribution in [2.45, 2.75) is 25.8 Å². The Morgan fingerprint density at radius 1 is 1.36 bits per heavy atom. The monoisotopic (exact) mass is 154 g/mol. The summed E-state index contributed by atoms with van der Waals surface area (Å²) in [5.41, 5.74) is 0. The Hall–Kier alpha value is -0.340. The number of hydrogen-bond donors (Lipinski definition) is 2. The Labute approximate surface area is 69.1 Å². The van der Waals surface area contributed by atoms with Gasteiger partial charge in [-0.2, -0.15) is 0 Å². The average Bonchev–Trinajstić information content (AvgIpc) is 2.07. The fourth-order valence-corrected chi connectivity index (χ4v) is 1.31. The van der Waals surface area contributed by atoms with E-state index in [9.17, 15) is 0 Å². The maximum Gasteiger partial charge on any atom is 0.0227 e. The van der Waals surface area contributed by atoms with Crippen LogP contribution in [-0.4, -0.2) is 25.7 Å². The molecule has 0 aromatic rings. The van der Waals surface area contributed by atoms with E-state index in [4.69, 9.17) is 0 Å². The first-order chi connectivity index (χ1) is 5.43. The van der Waals surface area contributed by atoms with Crippen LogP contribution in [0.25, 0.3) is 0 Å². The van der Waals surface area contributed by atoms with E-state index in [2.05, 4.69) is 29.7 Å². The van der Waals surface area contributed by atoms with Gasteiger partial charge < -0.3 is 10.6 Å². The lowest BCUT2D eigenvalue weighted by Crippen LogP contribution is -2.47. The lowest BCUT2D eigenvalue weighted by atomic mass is 10.1. The van der Waals surface area contributed by atoms with Gasteiger partial charge in [-0.3, -0.25) is 0 Å². The van der Waals surface area contributed by atoms with Crippen molar-refractivity contribution in [3.63, 3.8) is 0 Å². The van der Waals surface area contributed by atoms with Crippen LogP contribution < -0.4 is 10.6 Å². The molecule has 0 spiro atoms. The molecule has 0 saturated carbocycles. The van der Waals surface area contributed by atoms with Crippen LogP contribution in [0.5, 0.6) is 0 Å². The maximum atomic E-state index is 3.46. The second-order valence-electron chi connectivity index (χ2n) is 2.97. The summed E-state index contributed by atoms with van der Waals surface area (Å²) < 4.78 is 0. The zero-order valence-electron chi connectivity index (χ0n) is 7.27. The van der Waals surface area contributed by atoms with Crippen LogP contribution in [0.2, 0.25) is 0 Å². The summed E-state index contributed by atoms with van der Waals surface area (Å²) in [5, 5.41) is 6.83. The van der Waals surface area contributed by atoms with Crippen molar-refractivity contribution >= 4 is 0 Å². The van der Waals surface area contributed by atoms with Gasteiger partial charge in [0.25, 0.3) is 0 Å². The first-order valence-corrected chi connectivity index (χ1v) is 4.52. The third-order valence-corrected chi connectivity index (χ3v) is 1.95. The summed E-state index contributed by atoms with van der Waals surface area (Å²) in [6, 6.07) is 0.659. The number of allylic oxidation sites excluding steroid dienone is 1. The molecule has 1 fully saturated rings. The molecule has 2 nitrogen and oxygen atoms in total.